The number of likely N-dealkylation sites (tertiary alicyclic amines) is 2. The highest BCUT2D eigenvalue weighted by molar-refractivity contribution is 5.77. The highest BCUT2D eigenvalue weighted by Gasteiger charge is 2.26. The van der Waals surface area contributed by atoms with Crippen LogP contribution in [-0.4, -0.2) is 59.5 Å². The minimum atomic E-state index is 0.109. The maximum Gasteiger partial charge on any atom is 0.234 e. The van der Waals surface area contributed by atoms with E-state index in [0.29, 0.717) is 19.0 Å². The van der Waals surface area contributed by atoms with Gasteiger partial charge in [-0.3, -0.25) is 14.7 Å². The molecule has 0 radical (unpaired) electrons. The van der Waals surface area contributed by atoms with E-state index in [9.17, 15) is 4.79 Å². The van der Waals surface area contributed by atoms with E-state index in [-0.39, 0.29) is 5.91 Å². The van der Waals surface area contributed by atoms with Crippen LogP contribution in [0, 0.1) is 5.92 Å². The van der Waals surface area contributed by atoms with E-state index in [1.54, 1.807) is 6.20 Å². The number of hydrogen-bond donors (Lipinski definition) is 1. The average Bonchev–Trinajstić information content (AvgIpc) is 2.63. The Labute approximate surface area is 151 Å². The van der Waals surface area contributed by atoms with Crippen LogP contribution in [0.4, 0.5) is 0 Å². The van der Waals surface area contributed by atoms with Gasteiger partial charge >= 0.3 is 0 Å². The molecule has 2 saturated heterocycles. The number of piperidine rings is 2. The second kappa shape index (κ2) is 9.30. The van der Waals surface area contributed by atoms with Crippen LogP contribution in [0.3, 0.4) is 0 Å². The van der Waals surface area contributed by atoms with Gasteiger partial charge in [0.1, 0.15) is 0 Å². The van der Waals surface area contributed by atoms with Gasteiger partial charge in [0, 0.05) is 25.3 Å². The van der Waals surface area contributed by atoms with Gasteiger partial charge in [-0.25, -0.2) is 0 Å². The Balaban J connectivity index is 1.41. The fourth-order valence-corrected chi connectivity index (χ4v) is 4.16. The Bertz CT molecular complexity index is 536. The van der Waals surface area contributed by atoms with Gasteiger partial charge in [-0.1, -0.05) is 12.5 Å². The molecule has 2 aliphatic rings. The molecule has 0 bridgehead atoms. The lowest BCUT2D eigenvalue weighted by molar-refractivity contribution is -0.122. The summed E-state index contributed by atoms with van der Waals surface area (Å²) in [5.74, 6) is 0.815. The molecular formula is C20H32N4O. The largest absolute Gasteiger partial charge is 0.349 e. The lowest BCUT2D eigenvalue weighted by Gasteiger charge is -2.39. The fraction of sp³-hybridized carbons (Fsp3) is 0.700. The summed E-state index contributed by atoms with van der Waals surface area (Å²) in [6.07, 6.45) is 8.34. The molecule has 0 spiro atoms. The standard InChI is InChI=1S/C20H32N4O/c1-17-7-3-5-12-24(17)15-18-8-6-11-23(14-18)16-20(25)22-13-19-9-2-4-10-21-19/h2,4,9-10,17-18H,3,5-8,11-16H2,1H3,(H,22,25)/t17-,18+/m0/s1. The summed E-state index contributed by atoms with van der Waals surface area (Å²) in [7, 11) is 0. The van der Waals surface area contributed by atoms with Gasteiger partial charge in [-0.15, -0.1) is 0 Å². The zero-order chi connectivity index (χ0) is 17.5. The third-order valence-corrected chi connectivity index (χ3v) is 5.60. The minimum Gasteiger partial charge on any atom is -0.349 e. The van der Waals surface area contributed by atoms with Crippen molar-refractivity contribution in [3.63, 3.8) is 0 Å². The molecule has 0 saturated carbocycles. The normalized spacial score (nSPS) is 25.6. The summed E-state index contributed by atoms with van der Waals surface area (Å²) in [5.41, 5.74) is 0.909. The van der Waals surface area contributed by atoms with Gasteiger partial charge in [0.05, 0.1) is 18.8 Å². The molecule has 2 fully saturated rings. The van der Waals surface area contributed by atoms with Crippen LogP contribution in [0.5, 0.6) is 0 Å². The Kier molecular flexibility index (Phi) is 6.82. The van der Waals surface area contributed by atoms with Crippen molar-refractivity contribution in [2.24, 2.45) is 5.92 Å². The molecule has 3 heterocycles. The molecule has 1 aromatic rings. The van der Waals surface area contributed by atoms with E-state index >= 15 is 0 Å². The summed E-state index contributed by atoms with van der Waals surface area (Å²) in [4.78, 5) is 21.5. The summed E-state index contributed by atoms with van der Waals surface area (Å²) < 4.78 is 0. The van der Waals surface area contributed by atoms with E-state index in [1.807, 2.05) is 18.2 Å². The summed E-state index contributed by atoms with van der Waals surface area (Å²) in [5, 5.41) is 3.00. The summed E-state index contributed by atoms with van der Waals surface area (Å²) in [6, 6.07) is 6.51. The number of nitrogens with one attached hydrogen (secondary N) is 1. The number of aromatic nitrogens is 1. The van der Waals surface area contributed by atoms with Crippen LogP contribution in [-0.2, 0) is 11.3 Å². The smallest absolute Gasteiger partial charge is 0.234 e. The van der Waals surface area contributed by atoms with Crippen LogP contribution in [0.1, 0.15) is 44.7 Å². The van der Waals surface area contributed by atoms with Crippen LogP contribution in [0.25, 0.3) is 0 Å². The molecule has 2 aliphatic heterocycles. The Hall–Kier alpha value is -1.46. The van der Waals surface area contributed by atoms with Gasteiger partial charge in [-0.2, -0.15) is 0 Å². The maximum atomic E-state index is 12.2. The van der Waals surface area contributed by atoms with Gasteiger partial charge in [-0.05, 0) is 63.7 Å². The molecule has 0 unspecified atom stereocenters. The number of hydrogen-bond acceptors (Lipinski definition) is 4. The predicted octanol–water partition coefficient (Wildman–Crippen LogP) is 2.28. The van der Waals surface area contributed by atoms with Crippen LogP contribution in [0.15, 0.2) is 24.4 Å². The van der Waals surface area contributed by atoms with Crippen LogP contribution >= 0.6 is 0 Å². The second-order valence-electron chi connectivity index (χ2n) is 7.68. The van der Waals surface area contributed by atoms with Crippen LogP contribution < -0.4 is 5.32 Å². The van der Waals surface area contributed by atoms with Gasteiger partial charge in [0.15, 0.2) is 0 Å². The van der Waals surface area contributed by atoms with Crippen molar-refractivity contribution < 1.29 is 4.79 Å². The molecule has 2 atom stereocenters. The van der Waals surface area contributed by atoms with Crippen molar-refractivity contribution in [2.75, 3.05) is 32.7 Å². The van der Waals surface area contributed by atoms with Crippen LogP contribution in [0.2, 0.25) is 0 Å². The molecular weight excluding hydrogens is 312 g/mol. The number of amides is 1. The molecule has 25 heavy (non-hydrogen) atoms. The van der Waals surface area contributed by atoms with E-state index in [1.165, 1.54) is 45.2 Å². The number of carbonyl (C=O) groups is 1. The van der Waals surface area contributed by atoms with Crippen molar-refractivity contribution >= 4 is 5.91 Å². The zero-order valence-corrected chi connectivity index (χ0v) is 15.5. The first-order chi connectivity index (χ1) is 12.2. The molecule has 1 amide bonds. The summed E-state index contributed by atoms with van der Waals surface area (Å²) >= 11 is 0. The lowest BCUT2D eigenvalue weighted by atomic mass is 9.95. The molecule has 5 heteroatoms. The number of pyridine rings is 1. The van der Waals surface area contributed by atoms with Gasteiger partial charge < -0.3 is 10.2 Å². The zero-order valence-electron chi connectivity index (χ0n) is 15.5. The van der Waals surface area contributed by atoms with Crippen molar-refractivity contribution in [1.82, 2.24) is 20.1 Å². The monoisotopic (exact) mass is 344 g/mol. The Morgan fingerprint density at radius 2 is 2.16 bits per heavy atom. The van der Waals surface area contributed by atoms with Crippen molar-refractivity contribution in [1.29, 1.82) is 0 Å². The van der Waals surface area contributed by atoms with Gasteiger partial charge in [0.2, 0.25) is 5.91 Å². The number of rotatable bonds is 6. The highest BCUT2D eigenvalue weighted by atomic mass is 16.2. The predicted molar refractivity (Wildman–Crippen MR) is 100 cm³/mol. The first-order valence-corrected chi connectivity index (χ1v) is 9.83. The van der Waals surface area contributed by atoms with E-state index in [2.05, 4.69) is 27.0 Å². The van der Waals surface area contributed by atoms with Crippen molar-refractivity contribution in [3.05, 3.63) is 30.1 Å². The summed E-state index contributed by atoms with van der Waals surface area (Å²) in [6.45, 7) is 7.95. The second-order valence-corrected chi connectivity index (χ2v) is 7.68. The third-order valence-electron chi connectivity index (χ3n) is 5.60. The van der Waals surface area contributed by atoms with Crippen molar-refractivity contribution in [3.8, 4) is 0 Å². The first kappa shape index (κ1) is 18.3. The maximum absolute atomic E-state index is 12.2. The molecule has 1 aromatic heterocycles. The molecule has 5 nitrogen and oxygen atoms in total. The SMILES string of the molecule is C[C@H]1CCCCN1C[C@@H]1CCCN(CC(=O)NCc2ccccn2)C1. The third kappa shape index (κ3) is 5.79. The first-order valence-electron chi connectivity index (χ1n) is 9.83. The average molecular weight is 345 g/mol. The van der Waals surface area contributed by atoms with E-state index < -0.39 is 0 Å². The van der Waals surface area contributed by atoms with Crippen molar-refractivity contribution in [2.45, 2.75) is 51.6 Å². The minimum absolute atomic E-state index is 0.109. The Morgan fingerprint density at radius 1 is 1.24 bits per heavy atom. The molecule has 138 valence electrons. The highest BCUT2D eigenvalue weighted by Crippen LogP contribution is 2.22. The number of carbonyl (C=O) groups excluding carboxylic acids is 1. The van der Waals surface area contributed by atoms with Gasteiger partial charge in [0.25, 0.3) is 0 Å². The lowest BCUT2D eigenvalue weighted by Crippen LogP contribution is -2.47. The van der Waals surface area contributed by atoms with E-state index in [0.717, 1.165) is 24.8 Å². The molecule has 3 rings (SSSR count). The fourth-order valence-electron chi connectivity index (χ4n) is 4.16. The quantitative estimate of drug-likeness (QED) is 0.860. The molecule has 0 aliphatic carbocycles. The van der Waals surface area contributed by atoms with E-state index in [4.69, 9.17) is 0 Å². The molecule has 1 N–H and O–H groups in total. The molecule has 0 aromatic carbocycles. The topological polar surface area (TPSA) is 48.5 Å². The Morgan fingerprint density at radius 3 is 2.96 bits per heavy atom. The number of nitrogens with zero attached hydrogens (tertiary/aromatic N) is 3.